The van der Waals surface area contributed by atoms with E-state index < -0.39 is 11.7 Å². The summed E-state index contributed by atoms with van der Waals surface area (Å²) < 4.78 is 24.8. The maximum Gasteiger partial charge on any atom is 0.272 e. The first-order valence-electron chi connectivity index (χ1n) is 3.37. The number of nitrogens with two attached hydrogens (primary N) is 1. The van der Waals surface area contributed by atoms with Gasteiger partial charge in [-0.05, 0) is 34.2 Å². The van der Waals surface area contributed by atoms with E-state index in [1.807, 2.05) is 0 Å². The van der Waals surface area contributed by atoms with Crippen LogP contribution in [0.3, 0.4) is 0 Å². The maximum absolute atomic E-state index is 12.3. The van der Waals surface area contributed by atoms with E-state index >= 15 is 0 Å². The first-order chi connectivity index (χ1) is 6.45. The molecule has 0 saturated heterocycles. The van der Waals surface area contributed by atoms with Crippen molar-refractivity contribution in [1.29, 1.82) is 0 Å². The van der Waals surface area contributed by atoms with Gasteiger partial charge in [-0.1, -0.05) is 0 Å². The second kappa shape index (κ2) is 4.35. The summed E-state index contributed by atoms with van der Waals surface area (Å²) in [6.45, 7) is 0. The Kier molecular flexibility index (Phi) is 3.59. The minimum Gasteiger partial charge on any atom is -0.396 e. The maximum atomic E-state index is 12.3. The predicted octanol–water partition coefficient (Wildman–Crippen LogP) is 2.58. The molecular weight excluding hydrogens is 328 g/mol. The zero-order chi connectivity index (χ0) is 10.9. The number of aromatic nitrogens is 1. The van der Waals surface area contributed by atoms with Crippen molar-refractivity contribution in [1.82, 2.24) is 4.98 Å². The molecule has 1 rings (SSSR count). The van der Waals surface area contributed by atoms with Crippen molar-refractivity contribution < 1.29 is 13.6 Å². The van der Waals surface area contributed by atoms with Crippen LogP contribution in [0, 0.1) is 3.57 Å². The number of alkyl halides is 2. The van der Waals surface area contributed by atoms with Crippen molar-refractivity contribution in [3.05, 3.63) is 21.0 Å². The highest BCUT2D eigenvalue weighted by Crippen LogP contribution is 2.29. The highest BCUT2D eigenvalue weighted by atomic mass is 127. The zero-order valence-electron chi connectivity index (χ0n) is 6.60. The standard InChI is InChI=1S/C7H4ClF2IN2O/c8-6(14)5-4(12)3(11)2(1-13-5)7(9)10/h1,7H,12H2. The molecule has 76 valence electrons. The largest absolute Gasteiger partial charge is 0.396 e. The van der Waals surface area contributed by atoms with Crippen LogP contribution in [0.2, 0.25) is 0 Å². The predicted molar refractivity (Wildman–Crippen MR) is 56.5 cm³/mol. The van der Waals surface area contributed by atoms with Gasteiger partial charge in [0.25, 0.3) is 11.7 Å². The molecule has 7 heteroatoms. The van der Waals surface area contributed by atoms with Gasteiger partial charge in [-0.25, -0.2) is 13.8 Å². The first-order valence-corrected chi connectivity index (χ1v) is 4.82. The Morgan fingerprint density at radius 1 is 1.64 bits per heavy atom. The molecule has 1 aromatic rings. The van der Waals surface area contributed by atoms with Crippen molar-refractivity contribution >= 4 is 45.1 Å². The van der Waals surface area contributed by atoms with E-state index in [4.69, 9.17) is 17.3 Å². The molecule has 3 nitrogen and oxygen atoms in total. The van der Waals surface area contributed by atoms with E-state index in [-0.39, 0.29) is 20.5 Å². The fourth-order valence-electron chi connectivity index (χ4n) is 0.829. The van der Waals surface area contributed by atoms with Crippen LogP contribution in [-0.2, 0) is 0 Å². The second-order valence-corrected chi connectivity index (χ2v) is 3.79. The van der Waals surface area contributed by atoms with Gasteiger partial charge in [0.1, 0.15) is 5.69 Å². The molecule has 0 amide bonds. The van der Waals surface area contributed by atoms with E-state index in [9.17, 15) is 13.6 Å². The van der Waals surface area contributed by atoms with E-state index in [2.05, 4.69) is 4.98 Å². The zero-order valence-corrected chi connectivity index (χ0v) is 9.51. The number of carbonyl (C=O) groups excluding carboxylic acids is 1. The summed E-state index contributed by atoms with van der Waals surface area (Å²) in [5.41, 5.74) is 4.81. The SMILES string of the molecule is Nc1c(C(=O)Cl)ncc(C(F)F)c1I. The molecule has 0 aliphatic carbocycles. The van der Waals surface area contributed by atoms with Gasteiger partial charge in [0.2, 0.25) is 0 Å². The third-order valence-corrected chi connectivity index (χ3v) is 2.88. The fourth-order valence-corrected chi connectivity index (χ4v) is 1.61. The quantitative estimate of drug-likeness (QED) is 0.669. The van der Waals surface area contributed by atoms with Gasteiger partial charge in [-0.15, -0.1) is 0 Å². The summed E-state index contributed by atoms with van der Waals surface area (Å²) in [5.74, 6) is 0. The molecule has 0 aliphatic rings. The number of rotatable bonds is 2. The Labute approximate surface area is 96.8 Å². The second-order valence-electron chi connectivity index (χ2n) is 2.36. The number of hydrogen-bond acceptors (Lipinski definition) is 3. The third kappa shape index (κ3) is 2.11. The molecule has 0 bridgehead atoms. The average molecular weight is 332 g/mol. The number of carbonyl (C=O) groups is 1. The smallest absolute Gasteiger partial charge is 0.272 e. The Morgan fingerprint density at radius 3 is 2.64 bits per heavy atom. The van der Waals surface area contributed by atoms with Crippen molar-refractivity contribution in [2.45, 2.75) is 6.43 Å². The lowest BCUT2D eigenvalue weighted by Gasteiger charge is -2.07. The number of pyridine rings is 1. The van der Waals surface area contributed by atoms with Crippen LogP contribution < -0.4 is 5.73 Å². The molecule has 0 saturated carbocycles. The lowest BCUT2D eigenvalue weighted by molar-refractivity contribution is 0.107. The van der Waals surface area contributed by atoms with Gasteiger partial charge >= 0.3 is 0 Å². The summed E-state index contributed by atoms with van der Waals surface area (Å²) in [4.78, 5) is 14.2. The number of halogens is 4. The third-order valence-electron chi connectivity index (χ3n) is 1.50. The van der Waals surface area contributed by atoms with Gasteiger partial charge in [0.15, 0.2) is 0 Å². The number of anilines is 1. The molecule has 0 aromatic carbocycles. The van der Waals surface area contributed by atoms with Crippen LogP contribution in [0.1, 0.15) is 22.5 Å². The van der Waals surface area contributed by atoms with Crippen LogP contribution in [0.4, 0.5) is 14.5 Å². The average Bonchev–Trinajstić information content (AvgIpc) is 2.08. The van der Waals surface area contributed by atoms with Gasteiger partial charge in [0.05, 0.1) is 11.3 Å². The van der Waals surface area contributed by atoms with Crippen molar-refractivity contribution in [2.75, 3.05) is 5.73 Å². The Morgan fingerprint density at radius 2 is 2.21 bits per heavy atom. The summed E-state index contributed by atoms with van der Waals surface area (Å²) in [6.07, 6.45) is -1.77. The van der Waals surface area contributed by atoms with E-state index in [1.165, 1.54) is 0 Å². The highest BCUT2D eigenvalue weighted by molar-refractivity contribution is 14.1. The Hall–Kier alpha value is -0.500. The van der Waals surface area contributed by atoms with E-state index in [1.54, 1.807) is 22.6 Å². The van der Waals surface area contributed by atoms with Gasteiger partial charge in [-0.3, -0.25) is 4.79 Å². The summed E-state index contributed by atoms with van der Waals surface area (Å²) in [7, 11) is 0. The minimum absolute atomic E-state index is 0.108. The minimum atomic E-state index is -2.67. The fraction of sp³-hybridized carbons (Fsp3) is 0.143. The number of nitrogens with zero attached hydrogens (tertiary/aromatic N) is 1. The number of hydrogen-bond donors (Lipinski definition) is 1. The van der Waals surface area contributed by atoms with Crippen molar-refractivity contribution in [2.24, 2.45) is 0 Å². The highest BCUT2D eigenvalue weighted by Gasteiger charge is 2.19. The molecule has 0 fully saturated rings. The first kappa shape index (κ1) is 11.6. The van der Waals surface area contributed by atoms with E-state index in [0.29, 0.717) is 0 Å². The summed E-state index contributed by atoms with van der Waals surface area (Å²) >= 11 is 6.76. The molecule has 0 spiro atoms. The van der Waals surface area contributed by atoms with Crippen LogP contribution in [0.25, 0.3) is 0 Å². The molecular formula is C7H4ClF2IN2O. The molecule has 0 radical (unpaired) electrons. The van der Waals surface area contributed by atoms with Gasteiger partial charge < -0.3 is 5.73 Å². The monoisotopic (exact) mass is 332 g/mol. The molecule has 1 aromatic heterocycles. The van der Waals surface area contributed by atoms with Gasteiger partial charge in [-0.2, -0.15) is 0 Å². The molecule has 0 aliphatic heterocycles. The van der Waals surface area contributed by atoms with Gasteiger partial charge in [0, 0.05) is 9.77 Å². The lowest BCUT2D eigenvalue weighted by Crippen LogP contribution is -2.06. The molecule has 2 N–H and O–H groups in total. The summed E-state index contributed by atoms with van der Waals surface area (Å²) in [6, 6.07) is 0. The molecule has 1 heterocycles. The Balaban J connectivity index is 3.33. The van der Waals surface area contributed by atoms with E-state index in [0.717, 1.165) is 6.20 Å². The van der Waals surface area contributed by atoms with Crippen LogP contribution in [-0.4, -0.2) is 10.2 Å². The lowest BCUT2D eigenvalue weighted by atomic mass is 10.2. The van der Waals surface area contributed by atoms with Crippen LogP contribution in [0.15, 0.2) is 6.20 Å². The van der Waals surface area contributed by atoms with Crippen molar-refractivity contribution in [3.63, 3.8) is 0 Å². The topological polar surface area (TPSA) is 56.0 Å². The Bertz CT molecular complexity index is 386. The number of nitrogen functional groups attached to an aromatic ring is 1. The molecule has 0 atom stereocenters. The van der Waals surface area contributed by atoms with Crippen LogP contribution in [0.5, 0.6) is 0 Å². The van der Waals surface area contributed by atoms with Crippen molar-refractivity contribution in [3.8, 4) is 0 Å². The normalized spacial score (nSPS) is 10.6. The molecule has 14 heavy (non-hydrogen) atoms. The van der Waals surface area contributed by atoms with Crippen LogP contribution >= 0.6 is 34.2 Å². The summed E-state index contributed by atoms with van der Waals surface area (Å²) in [5, 5.41) is -0.860. The molecule has 0 unspecified atom stereocenters.